The zero-order chi connectivity index (χ0) is 14.3. The fourth-order valence-corrected chi connectivity index (χ4v) is 2.54. The van der Waals surface area contributed by atoms with Crippen LogP contribution in [-0.4, -0.2) is 29.4 Å². The van der Waals surface area contributed by atoms with E-state index < -0.39 is 0 Å². The number of hydrogen-bond acceptors (Lipinski definition) is 3. The molecular formula is C15H30N4. The zero-order valence-corrected chi connectivity index (χ0v) is 13.1. The van der Waals surface area contributed by atoms with E-state index >= 15 is 0 Å². The van der Waals surface area contributed by atoms with Crippen molar-refractivity contribution in [3.8, 4) is 0 Å². The third-order valence-corrected chi connectivity index (χ3v) is 3.57. The molecule has 1 aromatic rings. The highest BCUT2D eigenvalue weighted by atomic mass is 15.4. The molecule has 4 nitrogen and oxygen atoms in total. The summed E-state index contributed by atoms with van der Waals surface area (Å²) >= 11 is 0. The van der Waals surface area contributed by atoms with E-state index in [-0.39, 0.29) is 0 Å². The van der Waals surface area contributed by atoms with Gasteiger partial charge in [-0.2, -0.15) is 5.10 Å². The molecule has 0 saturated carbocycles. The van der Waals surface area contributed by atoms with Crippen LogP contribution in [0.25, 0.3) is 0 Å². The van der Waals surface area contributed by atoms with Gasteiger partial charge in [-0.3, -0.25) is 4.68 Å². The summed E-state index contributed by atoms with van der Waals surface area (Å²) in [5.41, 5.74) is 8.21. The van der Waals surface area contributed by atoms with Crippen molar-refractivity contribution in [2.45, 2.75) is 52.9 Å². The summed E-state index contributed by atoms with van der Waals surface area (Å²) in [5.74, 6) is 1.28. The first-order chi connectivity index (χ1) is 9.15. The number of aryl methyl sites for hydroxylation is 2. The van der Waals surface area contributed by atoms with Crippen LogP contribution in [0.3, 0.4) is 0 Å². The van der Waals surface area contributed by atoms with E-state index in [1.807, 2.05) is 11.7 Å². The lowest BCUT2D eigenvalue weighted by Crippen LogP contribution is -2.29. The van der Waals surface area contributed by atoms with E-state index in [0.29, 0.717) is 6.54 Å². The average Bonchev–Trinajstić information content (AvgIpc) is 2.66. The molecule has 0 radical (unpaired) electrons. The number of rotatable bonds is 9. The molecule has 1 heterocycles. The minimum Gasteiger partial charge on any atom is -0.357 e. The van der Waals surface area contributed by atoms with Gasteiger partial charge in [-0.15, -0.1) is 0 Å². The largest absolute Gasteiger partial charge is 0.357 e. The molecule has 0 aliphatic rings. The van der Waals surface area contributed by atoms with Crippen molar-refractivity contribution in [2.24, 2.45) is 12.8 Å². The van der Waals surface area contributed by atoms with Crippen molar-refractivity contribution in [1.29, 1.82) is 0 Å². The van der Waals surface area contributed by atoms with E-state index in [9.17, 15) is 0 Å². The van der Waals surface area contributed by atoms with Gasteiger partial charge < -0.3 is 10.6 Å². The molecule has 0 aromatic carbocycles. The molecule has 0 fully saturated rings. The Morgan fingerprint density at radius 3 is 2.21 bits per heavy atom. The van der Waals surface area contributed by atoms with Crippen LogP contribution in [0, 0.1) is 6.92 Å². The quantitative estimate of drug-likeness (QED) is 0.747. The minimum atomic E-state index is 0.689. The Morgan fingerprint density at radius 2 is 1.74 bits per heavy atom. The van der Waals surface area contributed by atoms with Gasteiger partial charge in [0, 0.05) is 25.7 Å². The molecule has 0 atom stereocenters. The predicted octanol–water partition coefficient (Wildman–Crippen LogP) is 2.64. The highest BCUT2D eigenvalue weighted by Crippen LogP contribution is 2.24. The summed E-state index contributed by atoms with van der Waals surface area (Å²) in [5, 5.41) is 4.59. The molecule has 0 bridgehead atoms. The maximum absolute atomic E-state index is 5.75. The Morgan fingerprint density at radius 1 is 1.16 bits per heavy atom. The van der Waals surface area contributed by atoms with Crippen LogP contribution in [0.15, 0.2) is 0 Å². The Balaban J connectivity index is 2.97. The van der Waals surface area contributed by atoms with Gasteiger partial charge in [0.15, 0.2) is 0 Å². The van der Waals surface area contributed by atoms with Gasteiger partial charge in [0.05, 0.1) is 5.69 Å². The van der Waals surface area contributed by atoms with Crippen molar-refractivity contribution < 1.29 is 0 Å². The first-order valence-corrected chi connectivity index (χ1v) is 7.63. The predicted molar refractivity (Wildman–Crippen MR) is 82.7 cm³/mol. The van der Waals surface area contributed by atoms with Crippen LogP contribution >= 0.6 is 0 Å². The zero-order valence-electron chi connectivity index (χ0n) is 13.1. The van der Waals surface area contributed by atoms with E-state index in [4.69, 9.17) is 5.73 Å². The molecule has 0 unspecified atom stereocenters. The second-order valence-corrected chi connectivity index (χ2v) is 5.24. The standard InChI is InChI=1S/C15H30N4/c1-5-7-11-19(12-8-6-2)15-14(9-10-16)13(3)17-18(15)4/h5-12,16H2,1-4H3. The molecule has 4 heteroatoms. The molecular weight excluding hydrogens is 236 g/mol. The third kappa shape index (κ3) is 4.23. The van der Waals surface area contributed by atoms with E-state index in [2.05, 4.69) is 30.8 Å². The van der Waals surface area contributed by atoms with Crippen LogP contribution in [0.5, 0.6) is 0 Å². The molecule has 0 aliphatic heterocycles. The van der Waals surface area contributed by atoms with E-state index in [1.54, 1.807) is 0 Å². The summed E-state index contributed by atoms with van der Waals surface area (Å²) in [6.45, 7) is 9.50. The first kappa shape index (κ1) is 16.0. The van der Waals surface area contributed by atoms with Gasteiger partial charge in [0.1, 0.15) is 5.82 Å². The number of anilines is 1. The number of unbranched alkanes of at least 4 members (excludes halogenated alkanes) is 2. The number of hydrogen-bond donors (Lipinski definition) is 1. The first-order valence-electron chi connectivity index (χ1n) is 7.63. The van der Waals surface area contributed by atoms with Crippen molar-refractivity contribution in [3.63, 3.8) is 0 Å². The molecule has 0 saturated heterocycles. The second kappa shape index (κ2) is 8.20. The SMILES string of the molecule is CCCCN(CCCC)c1c(CCN)c(C)nn1C. The Hall–Kier alpha value is -1.03. The minimum absolute atomic E-state index is 0.689. The topological polar surface area (TPSA) is 47.1 Å². The number of aromatic nitrogens is 2. The molecule has 0 amide bonds. The summed E-state index contributed by atoms with van der Waals surface area (Å²) < 4.78 is 2.03. The van der Waals surface area contributed by atoms with Crippen LogP contribution < -0.4 is 10.6 Å². The van der Waals surface area contributed by atoms with Crippen LogP contribution in [-0.2, 0) is 13.5 Å². The molecule has 0 aliphatic carbocycles. The fraction of sp³-hybridized carbons (Fsp3) is 0.800. The van der Waals surface area contributed by atoms with E-state index in [0.717, 1.165) is 25.2 Å². The Bertz CT molecular complexity index is 362. The van der Waals surface area contributed by atoms with Crippen LogP contribution in [0.1, 0.15) is 50.8 Å². The Kier molecular flexibility index (Phi) is 6.92. The maximum Gasteiger partial charge on any atom is 0.130 e. The van der Waals surface area contributed by atoms with Gasteiger partial charge in [-0.25, -0.2) is 0 Å². The van der Waals surface area contributed by atoms with Gasteiger partial charge >= 0.3 is 0 Å². The van der Waals surface area contributed by atoms with E-state index in [1.165, 1.54) is 37.1 Å². The lowest BCUT2D eigenvalue weighted by Gasteiger charge is -2.26. The second-order valence-electron chi connectivity index (χ2n) is 5.24. The third-order valence-electron chi connectivity index (χ3n) is 3.57. The maximum atomic E-state index is 5.75. The summed E-state index contributed by atoms with van der Waals surface area (Å²) in [4.78, 5) is 2.50. The van der Waals surface area contributed by atoms with Crippen molar-refractivity contribution in [3.05, 3.63) is 11.3 Å². The van der Waals surface area contributed by atoms with Crippen molar-refractivity contribution in [1.82, 2.24) is 9.78 Å². The highest BCUT2D eigenvalue weighted by molar-refractivity contribution is 5.50. The summed E-state index contributed by atoms with van der Waals surface area (Å²) in [6.07, 6.45) is 5.84. The van der Waals surface area contributed by atoms with Gasteiger partial charge in [-0.05, 0) is 32.7 Å². The van der Waals surface area contributed by atoms with Gasteiger partial charge in [0.25, 0.3) is 0 Å². The number of nitrogens with zero attached hydrogens (tertiary/aromatic N) is 3. The summed E-state index contributed by atoms with van der Waals surface area (Å²) in [7, 11) is 2.05. The van der Waals surface area contributed by atoms with Crippen molar-refractivity contribution >= 4 is 5.82 Å². The van der Waals surface area contributed by atoms with Crippen molar-refractivity contribution in [2.75, 3.05) is 24.5 Å². The van der Waals surface area contributed by atoms with Gasteiger partial charge in [-0.1, -0.05) is 26.7 Å². The van der Waals surface area contributed by atoms with Crippen LogP contribution in [0.4, 0.5) is 5.82 Å². The molecule has 2 N–H and O–H groups in total. The lowest BCUT2D eigenvalue weighted by molar-refractivity contribution is 0.640. The fourth-order valence-electron chi connectivity index (χ4n) is 2.54. The highest BCUT2D eigenvalue weighted by Gasteiger charge is 2.18. The molecule has 19 heavy (non-hydrogen) atoms. The smallest absolute Gasteiger partial charge is 0.130 e. The molecule has 1 aromatic heterocycles. The summed E-state index contributed by atoms with van der Waals surface area (Å²) in [6, 6.07) is 0. The van der Waals surface area contributed by atoms with Gasteiger partial charge in [0.2, 0.25) is 0 Å². The molecule has 110 valence electrons. The molecule has 0 spiro atoms. The molecule has 1 rings (SSSR count). The number of nitrogens with two attached hydrogens (primary N) is 1. The lowest BCUT2D eigenvalue weighted by atomic mass is 10.1. The normalized spacial score (nSPS) is 11.0. The Labute approximate surface area is 118 Å². The monoisotopic (exact) mass is 266 g/mol. The average molecular weight is 266 g/mol. The van der Waals surface area contributed by atoms with Crippen LogP contribution in [0.2, 0.25) is 0 Å².